The van der Waals surface area contributed by atoms with Gasteiger partial charge in [-0.3, -0.25) is 9.69 Å². The summed E-state index contributed by atoms with van der Waals surface area (Å²) < 4.78 is 10.8. The van der Waals surface area contributed by atoms with Crippen LogP contribution in [0.5, 0.6) is 5.75 Å². The zero-order chi connectivity index (χ0) is 23.6. The standard InChI is InChI=1S/C16H25N3O.C11H14O2/c1-20-12-16-3-2-9-19(16)15-8-10-18(11-15)14-6-4-13(17)5-7-14;1-9(2)8-13-11-5-3-10(7-12)4-6-11/h4-7,15-16H,2-3,8-12,17H2,1H3;3-7,9H,8H2,1-2H3. The summed E-state index contributed by atoms with van der Waals surface area (Å²) in [6.07, 6.45) is 4.68. The monoisotopic (exact) mass is 453 g/mol. The van der Waals surface area contributed by atoms with E-state index in [9.17, 15) is 4.79 Å². The van der Waals surface area contributed by atoms with Crippen molar-refractivity contribution in [2.75, 3.05) is 50.6 Å². The molecule has 2 atom stereocenters. The molecule has 2 aliphatic heterocycles. The maximum atomic E-state index is 10.3. The van der Waals surface area contributed by atoms with Gasteiger partial charge >= 0.3 is 0 Å². The Kier molecular flexibility index (Phi) is 9.58. The van der Waals surface area contributed by atoms with Gasteiger partial charge in [0, 0.05) is 49.2 Å². The largest absolute Gasteiger partial charge is 0.493 e. The lowest BCUT2D eigenvalue weighted by Gasteiger charge is -2.30. The van der Waals surface area contributed by atoms with E-state index in [0.717, 1.165) is 37.4 Å². The molecule has 33 heavy (non-hydrogen) atoms. The van der Waals surface area contributed by atoms with E-state index in [1.807, 2.05) is 31.4 Å². The second-order valence-corrected chi connectivity index (χ2v) is 9.36. The average molecular weight is 454 g/mol. The van der Waals surface area contributed by atoms with Crippen LogP contribution in [-0.4, -0.2) is 63.2 Å². The highest BCUT2D eigenvalue weighted by Crippen LogP contribution is 2.28. The number of ether oxygens (including phenoxy) is 2. The summed E-state index contributed by atoms with van der Waals surface area (Å²) in [5.41, 5.74) is 8.57. The van der Waals surface area contributed by atoms with Gasteiger partial charge in [-0.25, -0.2) is 0 Å². The summed E-state index contributed by atoms with van der Waals surface area (Å²) in [4.78, 5) is 15.5. The molecule has 0 radical (unpaired) electrons. The van der Waals surface area contributed by atoms with Crippen LogP contribution in [0, 0.1) is 5.92 Å². The molecule has 0 saturated carbocycles. The number of rotatable bonds is 8. The molecule has 0 amide bonds. The van der Waals surface area contributed by atoms with Crippen molar-refractivity contribution in [2.45, 2.75) is 45.2 Å². The second-order valence-electron chi connectivity index (χ2n) is 9.36. The first-order chi connectivity index (χ1) is 16.0. The highest BCUT2D eigenvalue weighted by atomic mass is 16.5. The van der Waals surface area contributed by atoms with E-state index < -0.39 is 0 Å². The second kappa shape index (κ2) is 12.6. The smallest absolute Gasteiger partial charge is 0.150 e. The molecule has 0 aliphatic carbocycles. The summed E-state index contributed by atoms with van der Waals surface area (Å²) in [7, 11) is 1.81. The molecular formula is C27H39N3O3. The van der Waals surface area contributed by atoms with Crippen molar-refractivity contribution in [1.29, 1.82) is 0 Å². The molecule has 2 aliphatic rings. The fourth-order valence-electron chi connectivity index (χ4n) is 4.55. The molecule has 2 heterocycles. The molecule has 4 rings (SSSR count). The number of nitrogen functional groups attached to an aromatic ring is 1. The van der Waals surface area contributed by atoms with E-state index in [1.54, 1.807) is 12.1 Å². The molecular weight excluding hydrogens is 414 g/mol. The Labute approximate surface area is 198 Å². The minimum absolute atomic E-state index is 0.519. The van der Waals surface area contributed by atoms with Crippen molar-refractivity contribution in [1.82, 2.24) is 4.90 Å². The molecule has 6 nitrogen and oxygen atoms in total. The predicted octanol–water partition coefficient (Wildman–Crippen LogP) is 4.49. The topological polar surface area (TPSA) is 68.0 Å². The highest BCUT2D eigenvalue weighted by molar-refractivity contribution is 5.74. The maximum Gasteiger partial charge on any atom is 0.150 e. The van der Waals surface area contributed by atoms with E-state index >= 15 is 0 Å². The lowest BCUT2D eigenvalue weighted by molar-refractivity contribution is 0.0943. The zero-order valence-corrected chi connectivity index (χ0v) is 20.3. The predicted molar refractivity (Wildman–Crippen MR) is 135 cm³/mol. The van der Waals surface area contributed by atoms with Crippen molar-refractivity contribution < 1.29 is 14.3 Å². The third-order valence-electron chi connectivity index (χ3n) is 6.27. The quantitative estimate of drug-likeness (QED) is 0.469. The van der Waals surface area contributed by atoms with Crippen molar-refractivity contribution in [3.05, 3.63) is 54.1 Å². The van der Waals surface area contributed by atoms with Crippen LogP contribution in [-0.2, 0) is 4.74 Å². The number of benzene rings is 2. The number of hydrogen-bond donors (Lipinski definition) is 1. The number of aldehydes is 1. The minimum atomic E-state index is 0.519. The number of carbonyl (C=O) groups excluding carboxylic acids is 1. The third-order valence-corrected chi connectivity index (χ3v) is 6.27. The molecule has 180 valence electrons. The Morgan fingerprint density at radius 1 is 1.06 bits per heavy atom. The molecule has 2 N–H and O–H groups in total. The van der Waals surface area contributed by atoms with Crippen LogP contribution in [0.4, 0.5) is 11.4 Å². The van der Waals surface area contributed by atoms with E-state index in [2.05, 4.69) is 35.8 Å². The molecule has 2 unspecified atom stereocenters. The fourth-order valence-corrected chi connectivity index (χ4v) is 4.55. The van der Waals surface area contributed by atoms with Crippen LogP contribution < -0.4 is 15.4 Å². The first-order valence-corrected chi connectivity index (χ1v) is 12.0. The normalized spacial score (nSPS) is 20.5. The minimum Gasteiger partial charge on any atom is -0.493 e. The van der Waals surface area contributed by atoms with Gasteiger partial charge in [0.25, 0.3) is 0 Å². The van der Waals surface area contributed by atoms with E-state index in [1.165, 1.54) is 31.5 Å². The zero-order valence-electron chi connectivity index (χ0n) is 20.3. The van der Waals surface area contributed by atoms with Crippen molar-refractivity contribution >= 4 is 17.7 Å². The highest BCUT2D eigenvalue weighted by Gasteiger charge is 2.34. The SMILES string of the molecule is CC(C)COc1ccc(C=O)cc1.COCC1CCCN1C1CCN(c2ccc(N)cc2)C1. The molecule has 6 heteroatoms. The van der Waals surface area contributed by atoms with Gasteiger partial charge in [0.05, 0.1) is 13.2 Å². The number of nitrogens with two attached hydrogens (primary N) is 1. The lowest BCUT2D eigenvalue weighted by Crippen LogP contribution is -2.42. The van der Waals surface area contributed by atoms with Crippen molar-refractivity contribution in [2.24, 2.45) is 5.92 Å². The van der Waals surface area contributed by atoms with Gasteiger partial charge in [0.1, 0.15) is 12.0 Å². The Morgan fingerprint density at radius 3 is 2.42 bits per heavy atom. The van der Waals surface area contributed by atoms with Crippen molar-refractivity contribution in [3.8, 4) is 5.75 Å². The molecule has 2 aromatic carbocycles. The van der Waals surface area contributed by atoms with Gasteiger partial charge in [0.15, 0.2) is 0 Å². The molecule has 2 saturated heterocycles. The van der Waals surface area contributed by atoms with Gasteiger partial charge < -0.3 is 20.1 Å². The van der Waals surface area contributed by atoms with Gasteiger partial charge in [0.2, 0.25) is 0 Å². The summed E-state index contributed by atoms with van der Waals surface area (Å²) in [6.45, 7) is 9.28. The number of nitrogens with zero attached hydrogens (tertiary/aromatic N) is 2. The first-order valence-electron chi connectivity index (χ1n) is 12.0. The van der Waals surface area contributed by atoms with Crippen LogP contribution in [0.15, 0.2) is 48.5 Å². The number of carbonyl (C=O) groups is 1. The maximum absolute atomic E-state index is 10.3. The number of anilines is 2. The number of methoxy groups -OCH3 is 1. The van der Waals surface area contributed by atoms with Crippen LogP contribution in [0.25, 0.3) is 0 Å². The Morgan fingerprint density at radius 2 is 1.79 bits per heavy atom. The Bertz CT molecular complexity index is 839. The van der Waals surface area contributed by atoms with Crippen LogP contribution in [0.1, 0.15) is 43.5 Å². The molecule has 2 aromatic rings. The van der Waals surface area contributed by atoms with Crippen LogP contribution in [0.2, 0.25) is 0 Å². The van der Waals surface area contributed by atoms with E-state index in [4.69, 9.17) is 15.2 Å². The summed E-state index contributed by atoms with van der Waals surface area (Å²) >= 11 is 0. The Hall–Kier alpha value is -2.57. The average Bonchev–Trinajstić information content (AvgIpc) is 3.49. The van der Waals surface area contributed by atoms with Gasteiger partial charge in [-0.1, -0.05) is 13.8 Å². The fraction of sp³-hybridized carbons (Fsp3) is 0.519. The number of likely N-dealkylation sites (tertiary alicyclic amines) is 1. The van der Waals surface area contributed by atoms with Gasteiger partial charge in [-0.05, 0) is 80.3 Å². The van der Waals surface area contributed by atoms with Gasteiger partial charge in [-0.2, -0.15) is 0 Å². The summed E-state index contributed by atoms with van der Waals surface area (Å²) in [5.74, 6) is 1.34. The van der Waals surface area contributed by atoms with Gasteiger partial charge in [-0.15, -0.1) is 0 Å². The Balaban J connectivity index is 0.000000205. The molecule has 2 fully saturated rings. The lowest BCUT2D eigenvalue weighted by atomic mass is 10.2. The summed E-state index contributed by atoms with van der Waals surface area (Å²) in [5, 5.41) is 0. The molecule has 0 spiro atoms. The van der Waals surface area contributed by atoms with E-state index in [-0.39, 0.29) is 0 Å². The first kappa shape index (κ1) is 25.1. The van der Waals surface area contributed by atoms with Crippen LogP contribution in [0.3, 0.4) is 0 Å². The summed E-state index contributed by atoms with van der Waals surface area (Å²) in [6, 6.07) is 16.7. The molecule has 0 bridgehead atoms. The molecule has 0 aromatic heterocycles. The van der Waals surface area contributed by atoms with Crippen molar-refractivity contribution in [3.63, 3.8) is 0 Å². The van der Waals surface area contributed by atoms with Crippen LogP contribution >= 0.6 is 0 Å². The third kappa shape index (κ3) is 7.47. The van der Waals surface area contributed by atoms with E-state index in [0.29, 0.717) is 30.2 Å². The number of hydrogen-bond acceptors (Lipinski definition) is 6.